The summed E-state index contributed by atoms with van der Waals surface area (Å²) in [5.41, 5.74) is 0.696. The van der Waals surface area contributed by atoms with Gasteiger partial charge in [-0.1, -0.05) is 6.07 Å². The van der Waals surface area contributed by atoms with Gasteiger partial charge >= 0.3 is 12.0 Å². The van der Waals surface area contributed by atoms with E-state index in [0.717, 1.165) is 32.6 Å². The molecule has 2 fully saturated rings. The van der Waals surface area contributed by atoms with Gasteiger partial charge in [0.15, 0.2) is 0 Å². The molecule has 1 atom stereocenters. The van der Waals surface area contributed by atoms with E-state index in [0.29, 0.717) is 11.7 Å². The molecule has 0 bridgehead atoms. The number of rotatable bonds is 2. The Morgan fingerprint density at radius 3 is 2.90 bits per heavy atom. The second-order valence-electron chi connectivity index (χ2n) is 5.59. The molecule has 1 unspecified atom stereocenters. The fourth-order valence-corrected chi connectivity index (χ4v) is 3.11. The standard InChI is InChI=1S/C15H19N3O3/c19-14(20)11-3-1-4-12(9-11)16-15(21)18-8-7-17-6-2-5-13(17)10-18/h1,3-4,9,13H,2,5-8,10H2,(H,16,21)(H,19,20). The molecule has 2 heterocycles. The number of amides is 2. The zero-order valence-corrected chi connectivity index (χ0v) is 11.8. The van der Waals surface area contributed by atoms with Crippen molar-refractivity contribution in [3.05, 3.63) is 29.8 Å². The number of aromatic carboxylic acids is 1. The summed E-state index contributed by atoms with van der Waals surface area (Å²) in [6.45, 7) is 3.54. The Morgan fingerprint density at radius 2 is 2.10 bits per heavy atom. The minimum Gasteiger partial charge on any atom is -0.478 e. The maximum atomic E-state index is 12.3. The number of carbonyl (C=O) groups excluding carboxylic acids is 1. The van der Waals surface area contributed by atoms with Gasteiger partial charge in [0.05, 0.1) is 5.56 Å². The van der Waals surface area contributed by atoms with Gasteiger partial charge in [-0.2, -0.15) is 0 Å². The molecule has 2 N–H and O–H groups in total. The Balaban J connectivity index is 1.63. The van der Waals surface area contributed by atoms with Crippen molar-refractivity contribution in [1.29, 1.82) is 0 Å². The van der Waals surface area contributed by atoms with Crippen molar-refractivity contribution in [2.75, 3.05) is 31.5 Å². The van der Waals surface area contributed by atoms with Crippen LogP contribution < -0.4 is 5.32 Å². The molecule has 2 saturated heterocycles. The Bertz CT molecular complexity index is 561. The first-order chi connectivity index (χ1) is 10.1. The number of fused-ring (bicyclic) bond motifs is 1. The van der Waals surface area contributed by atoms with Crippen molar-refractivity contribution >= 4 is 17.7 Å². The highest BCUT2D eigenvalue weighted by molar-refractivity contribution is 5.93. The van der Waals surface area contributed by atoms with Gasteiger partial charge in [0.25, 0.3) is 0 Å². The molecule has 21 heavy (non-hydrogen) atoms. The average molecular weight is 289 g/mol. The molecule has 6 heteroatoms. The summed E-state index contributed by atoms with van der Waals surface area (Å²) in [6.07, 6.45) is 2.36. The molecule has 3 rings (SSSR count). The lowest BCUT2D eigenvalue weighted by Crippen LogP contribution is -2.53. The van der Waals surface area contributed by atoms with E-state index in [1.165, 1.54) is 18.6 Å². The van der Waals surface area contributed by atoms with Crippen LogP contribution in [0.15, 0.2) is 24.3 Å². The van der Waals surface area contributed by atoms with E-state index < -0.39 is 5.97 Å². The van der Waals surface area contributed by atoms with Crippen LogP contribution >= 0.6 is 0 Å². The molecule has 2 aliphatic heterocycles. The first kappa shape index (κ1) is 13.9. The van der Waals surface area contributed by atoms with E-state index >= 15 is 0 Å². The maximum Gasteiger partial charge on any atom is 0.335 e. The van der Waals surface area contributed by atoms with E-state index in [1.807, 2.05) is 4.90 Å². The molecule has 0 spiro atoms. The van der Waals surface area contributed by atoms with Gasteiger partial charge in [-0.05, 0) is 37.6 Å². The van der Waals surface area contributed by atoms with E-state index in [1.54, 1.807) is 12.1 Å². The number of benzene rings is 1. The van der Waals surface area contributed by atoms with Crippen LogP contribution in [0.3, 0.4) is 0 Å². The SMILES string of the molecule is O=C(O)c1cccc(NC(=O)N2CCN3CCCC3C2)c1. The average Bonchev–Trinajstić information content (AvgIpc) is 2.94. The Labute approximate surface area is 123 Å². The number of hydrogen-bond acceptors (Lipinski definition) is 3. The highest BCUT2D eigenvalue weighted by atomic mass is 16.4. The zero-order chi connectivity index (χ0) is 14.8. The monoisotopic (exact) mass is 289 g/mol. The first-order valence-electron chi connectivity index (χ1n) is 7.27. The molecule has 1 aromatic carbocycles. The van der Waals surface area contributed by atoms with Gasteiger partial charge in [0.1, 0.15) is 0 Å². The molecule has 0 aromatic heterocycles. The van der Waals surface area contributed by atoms with E-state index in [9.17, 15) is 9.59 Å². The van der Waals surface area contributed by atoms with Gasteiger partial charge in [-0.15, -0.1) is 0 Å². The van der Waals surface area contributed by atoms with Gasteiger partial charge in [0.2, 0.25) is 0 Å². The van der Waals surface area contributed by atoms with Crippen molar-refractivity contribution in [3.63, 3.8) is 0 Å². The Morgan fingerprint density at radius 1 is 1.24 bits per heavy atom. The van der Waals surface area contributed by atoms with Crippen molar-refractivity contribution in [1.82, 2.24) is 9.80 Å². The normalized spacial score (nSPS) is 21.9. The van der Waals surface area contributed by atoms with Crippen molar-refractivity contribution in [3.8, 4) is 0 Å². The van der Waals surface area contributed by atoms with E-state index in [4.69, 9.17) is 5.11 Å². The van der Waals surface area contributed by atoms with Gasteiger partial charge in [-0.25, -0.2) is 9.59 Å². The molecule has 2 amide bonds. The third-order valence-electron chi connectivity index (χ3n) is 4.24. The molecular weight excluding hydrogens is 270 g/mol. The molecule has 112 valence electrons. The molecule has 1 aromatic rings. The number of carboxylic acids is 1. The number of nitrogens with one attached hydrogen (secondary N) is 1. The fourth-order valence-electron chi connectivity index (χ4n) is 3.11. The van der Waals surface area contributed by atoms with Crippen molar-refractivity contribution in [2.45, 2.75) is 18.9 Å². The summed E-state index contributed by atoms with van der Waals surface area (Å²) in [4.78, 5) is 27.5. The Kier molecular flexibility index (Phi) is 3.79. The summed E-state index contributed by atoms with van der Waals surface area (Å²) >= 11 is 0. The summed E-state index contributed by atoms with van der Waals surface area (Å²) in [6, 6.07) is 6.66. The highest BCUT2D eigenvalue weighted by Gasteiger charge is 2.32. The highest BCUT2D eigenvalue weighted by Crippen LogP contribution is 2.22. The minimum absolute atomic E-state index is 0.149. The number of urea groups is 1. The summed E-state index contributed by atoms with van der Waals surface area (Å²) in [7, 11) is 0. The number of carbonyl (C=O) groups is 2. The minimum atomic E-state index is -0.995. The maximum absolute atomic E-state index is 12.3. The van der Waals surface area contributed by atoms with Crippen LogP contribution in [-0.4, -0.2) is 59.1 Å². The van der Waals surface area contributed by atoms with Gasteiger partial charge < -0.3 is 15.3 Å². The first-order valence-corrected chi connectivity index (χ1v) is 7.27. The number of hydrogen-bond donors (Lipinski definition) is 2. The quantitative estimate of drug-likeness (QED) is 0.869. The lowest BCUT2D eigenvalue weighted by atomic mass is 10.1. The van der Waals surface area contributed by atoms with Crippen LogP contribution in [0.25, 0.3) is 0 Å². The smallest absolute Gasteiger partial charge is 0.335 e. The predicted molar refractivity (Wildman–Crippen MR) is 78.6 cm³/mol. The second kappa shape index (κ2) is 5.73. The topological polar surface area (TPSA) is 72.9 Å². The summed E-state index contributed by atoms with van der Waals surface area (Å²) in [5.74, 6) is -0.995. The largest absolute Gasteiger partial charge is 0.478 e. The van der Waals surface area contributed by atoms with E-state index in [-0.39, 0.29) is 11.6 Å². The zero-order valence-electron chi connectivity index (χ0n) is 11.8. The molecule has 0 saturated carbocycles. The second-order valence-corrected chi connectivity index (χ2v) is 5.59. The van der Waals surface area contributed by atoms with E-state index in [2.05, 4.69) is 10.2 Å². The van der Waals surface area contributed by atoms with Crippen LogP contribution in [0.2, 0.25) is 0 Å². The van der Waals surface area contributed by atoms with Gasteiger partial charge in [0, 0.05) is 31.4 Å². The third kappa shape index (κ3) is 3.00. The van der Waals surface area contributed by atoms with Crippen LogP contribution in [0.1, 0.15) is 23.2 Å². The van der Waals surface area contributed by atoms with Crippen molar-refractivity contribution < 1.29 is 14.7 Å². The number of nitrogens with zero attached hydrogens (tertiary/aromatic N) is 2. The lowest BCUT2D eigenvalue weighted by Gasteiger charge is -2.37. The molecule has 0 radical (unpaired) electrons. The van der Waals surface area contributed by atoms with Crippen LogP contribution in [0.5, 0.6) is 0 Å². The fraction of sp³-hybridized carbons (Fsp3) is 0.467. The Hall–Kier alpha value is -2.08. The number of anilines is 1. The van der Waals surface area contributed by atoms with Crippen LogP contribution in [0.4, 0.5) is 10.5 Å². The summed E-state index contributed by atoms with van der Waals surface area (Å²) < 4.78 is 0. The number of piperazine rings is 1. The van der Waals surface area contributed by atoms with Crippen molar-refractivity contribution in [2.24, 2.45) is 0 Å². The lowest BCUT2D eigenvalue weighted by molar-refractivity contribution is 0.0697. The predicted octanol–water partition coefficient (Wildman–Crippen LogP) is 1.70. The van der Waals surface area contributed by atoms with Crippen LogP contribution in [-0.2, 0) is 0 Å². The number of carboxylic acid groups (broad SMARTS) is 1. The van der Waals surface area contributed by atoms with Gasteiger partial charge in [-0.3, -0.25) is 4.90 Å². The molecule has 0 aliphatic carbocycles. The van der Waals surface area contributed by atoms with Crippen LogP contribution in [0, 0.1) is 0 Å². The molecule has 2 aliphatic rings. The molecular formula is C15H19N3O3. The third-order valence-corrected chi connectivity index (χ3v) is 4.24. The summed E-state index contributed by atoms with van der Waals surface area (Å²) in [5, 5.41) is 11.8. The molecule has 6 nitrogen and oxygen atoms in total.